The van der Waals surface area contributed by atoms with Crippen LogP contribution in [-0.4, -0.2) is 50.7 Å². The zero-order valence-electron chi connectivity index (χ0n) is 19.3. The first-order valence-electron chi connectivity index (χ1n) is 10.5. The maximum atomic E-state index is 13.4. The van der Waals surface area contributed by atoms with E-state index < -0.39 is 0 Å². The molecule has 0 fully saturated rings. The molecule has 8 heteroatoms. The number of pyridine rings is 1. The van der Waals surface area contributed by atoms with Crippen molar-refractivity contribution in [1.29, 1.82) is 0 Å². The van der Waals surface area contributed by atoms with Gasteiger partial charge in [0.1, 0.15) is 5.75 Å². The van der Waals surface area contributed by atoms with Crippen molar-refractivity contribution in [3.05, 3.63) is 71.5 Å². The number of benzene rings is 2. The molecule has 1 amide bonds. The predicted octanol–water partition coefficient (Wildman–Crippen LogP) is 3.67. The molecule has 2 N–H and O–H groups in total. The number of aromatic nitrogens is 1. The Hall–Kier alpha value is -3.78. The van der Waals surface area contributed by atoms with Crippen molar-refractivity contribution in [3.63, 3.8) is 0 Å². The number of carbonyl (C=O) groups excluding carboxylic acids is 1. The van der Waals surface area contributed by atoms with E-state index in [-0.39, 0.29) is 17.4 Å². The number of carbonyl (C=O) groups is 1. The van der Waals surface area contributed by atoms with E-state index in [1.165, 1.54) is 21.3 Å². The molecule has 0 spiro atoms. The number of amides is 1. The third kappa shape index (κ3) is 5.53. The number of hydrogen-bond donors (Lipinski definition) is 1. The highest BCUT2D eigenvalue weighted by Crippen LogP contribution is 2.48. The molecule has 1 aromatic heterocycles. The number of nitrogens with two attached hydrogens (primary N) is 1. The van der Waals surface area contributed by atoms with Gasteiger partial charge >= 0.3 is 0 Å². The minimum absolute atomic E-state index is 0.257. The predicted molar refractivity (Wildman–Crippen MR) is 125 cm³/mol. The molecule has 3 aromatic rings. The highest BCUT2D eigenvalue weighted by atomic mass is 16.5. The molecular formula is C25H29N3O5. The second-order valence-corrected chi connectivity index (χ2v) is 7.32. The number of hydrogen-bond acceptors (Lipinski definition) is 7. The van der Waals surface area contributed by atoms with Crippen molar-refractivity contribution in [2.45, 2.75) is 13.0 Å². The third-order valence-corrected chi connectivity index (χ3v) is 5.10. The summed E-state index contributed by atoms with van der Waals surface area (Å²) < 4.78 is 22.8. The monoisotopic (exact) mass is 451 g/mol. The Labute approximate surface area is 193 Å². The van der Waals surface area contributed by atoms with E-state index >= 15 is 0 Å². The quantitative estimate of drug-likeness (QED) is 0.502. The minimum Gasteiger partial charge on any atom is -0.492 e. The molecule has 0 aliphatic carbocycles. The van der Waals surface area contributed by atoms with Gasteiger partial charge in [0.25, 0.3) is 5.91 Å². The van der Waals surface area contributed by atoms with Crippen LogP contribution in [0.15, 0.2) is 54.9 Å². The van der Waals surface area contributed by atoms with Crippen LogP contribution in [-0.2, 0) is 13.0 Å². The molecular weight excluding hydrogens is 422 g/mol. The van der Waals surface area contributed by atoms with Gasteiger partial charge in [-0.2, -0.15) is 0 Å². The van der Waals surface area contributed by atoms with Crippen LogP contribution in [0.3, 0.4) is 0 Å². The smallest absolute Gasteiger partial charge is 0.257 e. The molecule has 0 saturated carbocycles. The van der Waals surface area contributed by atoms with Crippen LogP contribution in [0.5, 0.6) is 28.7 Å². The summed E-state index contributed by atoms with van der Waals surface area (Å²) in [6.07, 6.45) is 4.16. The molecule has 0 unspecified atom stereocenters. The van der Waals surface area contributed by atoms with Crippen molar-refractivity contribution in [1.82, 2.24) is 9.88 Å². The zero-order chi connectivity index (χ0) is 23.8. The van der Waals surface area contributed by atoms with Crippen molar-refractivity contribution in [2.75, 3.05) is 34.9 Å². The van der Waals surface area contributed by atoms with E-state index in [1.54, 1.807) is 30.4 Å². The van der Waals surface area contributed by atoms with Gasteiger partial charge < -0.3 is 29.6 Å². The van der Waals surface area contributed by atoms with Crippen molar-refractivity contribution < 1.29 is 23.7 Å². The molecule has 3 rings (SSSR count). The molecule has 174 valence electrons. The summed E-state index contributed by atoms with van der Waals surface area (Å²) in [4.78, 5) is 19.0. The maximum absolute atomic E-state index is 13.4. The zero-order valence-corrected chi connectivity index (χ0v) is 19.3. The molecule has 0 aliphatic rings. The highest BCUT2D eigenvalue weighted by molar-refractivity contribution is 5.99. The van der Waals surface area contributed by atoms with Crippen LogP contribution < -0.4 is 24.7 Å². The fourth-order valence-corrected chi connectivity index (χ4v) is 3.47. The van der Waals surface area contributed by atoms with Crippen LogP contribution in [0, 0.1) is 0 Å². The second kappa shape index (κ2) is 11.2. The lowest BCUT2D eigenvalue weighted by molar-refractivity contribution is 0.0780. The molecule has 0 bridgehead atoms. The first-order chi connectivity index (χ1) is 16.0. The summed E-state index contributed by atoms with van der Waals surface area (Å²) in [5.41, 5.74) is 7.98. The number of methoxy groups -OCH3 is 3. The van der Waals surface area contributed by atoms with Crippen molar-refractivity contribution in [3.8, 4) is 28.7 Å². The maximum Gasteiger partial charge on any atom is 0.257 e. The van der Waals surface area contributed by atoms with Gasteiger partial charge in [0, 0.05) is 32.1 Å². The summed E-state index contributed by atoms with van der Waals surface area (Å²) in [5, 5.41) is 0. The average molecular weight is 452 g/mol. The van der Waals surface area contributed by atoms with E-state index in [2.05, 4.69) is 4.98 Å². The first-order valence-corrected chi connectivity index (χ1v) is 10.5. The minimum atomic E-state index is -0.257. The third-order valence-electron chi connectivity index (χ3n) is 5.10. The van der Waals surface area contributed by atoms with Crippen LogP contribution >= 0.6 is 0 Å². The Morgan fingerprint density at radius 3 is 2.12 bits per heavy atom. The summed E-state index contributed by atoms with van der Waals surface area (Å²) in [7, 11) is 6.19. The molecule has 33 heavy (non-hydrogen) atoms. The lowest BCUT2D eigenvalue weighted by atomic mass is 10.1. The standard InChI is InChI=1S/C25H29N3O5/c1-28(16-18-10-13-27-14-11-18)25(29)20-15-21(23(31-3)24(32-4)22(20)30-2)33-19-7-5-17(6-8-19)9-12-26/h5-8,10-11,13-15H,9,12,16,26H2,1-4H3. The van der Waals surface area contributed by atoms with E-state index in [9.17, 15) is 4.79 Å². The highest BCUT2D eigenvalue weighted by Gasteiger charge is 2.27. The van der Waals surface area contributed by atoms with Gasteiger partial charge in [-0.1, -0.05) is 12.1 Å². The largest absolute Gasteiger partial charge is 0.492 e. The average Bonchev–Trinajstić information content (AvgIpc) is 2.84. The fourth-order valence-electron chi connectivity index (χ4n) is 3.47. The summed E-state index contributed by atoms with van der Waals surface area (Å²) >= 11 is 0. The Morgan fingerprint density at radius 1 is 0.909 bits per heavy atom. The number of ether oxygens (including phenoxy) is 4. The Kier molecular flexibility index (Phi) is 8.10. The van der Waals surface area contributed by atoms with Crippen LogP contribution in [0.25, 0.3) is 0 Å². The van der Waals surface area contributed by atoms with Gasteiger partial charge in [0.05, 0.1) is 26.9 Å². The van der Waals surface area contributed by atoms with Gasteiger partial charge in [-0.15, -0.1) is 0 Å². The van der Waals surface area contributed by atoms with Gasteiger partial charge in [0.15, 0.2) is 11.5 Å². The number of nitrogens with zero attached hydrogens (tertiary/aromatic N) is 2. The molecule has 0 aliphatic heterocycles. The molecule has 1 heterocycles. The Morgan fingerprint density at radius 2 is 1.55 bits per heavy atom. The van der Waals surface area contributed by atoms with Crippen LogP contribution in [0.2, 0.25) is 0 Å². The summed E-state index contributed by atoms with van der Waals surface area (Å²) in [6, 6.07) is 12.9. The number of rotatable bonds is 10. The fraction of sp³-hybridized carbons (Fsp3) is 0.280. The summed E-state index contributed by atoms with van der Waals surface area (Å²) in [6.45, 7) is 0.972. The molecule has 0 radical (unpaired) electrons. The summed E-state index contributed by atoms with van der Waals surface area (Å²) in [5.74, 6) is 1.54. The normalized spacial score (nSPS) is 10.5. The molecule has 2 aromatic carbocycles. The topological polar surface area (TPSA) is 96.1 Å². The second-order valence-electron chi connectivity index (χ2n) is 7.32. The van der Waals surface area contributed by atoms with Crippen molar-refractivity contribution in [2.24, 2.45) is 5.73 Å². The van der Waals surface area contributed by atoms with Crippen molar-refractivity contribution >= 4 is 5.91 Å². The first kappa shape index (κ1) is 23.9. The van der Waals surface area contributed by atoms with Crippen LogP contribution in [0.4, 0.5) is 0 Å². The SMILES string of the molecule is COc1c(Oc2ccc(CCN)cc2)cc(C(=O)N(C)Cc2ccncc2)c(OC)c1OC. The van der Waals surface area contributed by atoms with E-state index in [0.29, 0.717) is 35.9 Å². The van der Waals surface area contributed by atoms with E-state index in [4.69, 9.17) is 24.7 Å². The van der Waals surface area contributed by atoms with Gasteiger partial charge in [-0.25, -0.2) is 0 Å². The lowest BCUT2D eigenvalue weighted by Crippen LogP contribution is -2.26. The van der Waals surface area contributed by atoms with E-state index in [1.807, 2.05) is 36.4 Å². The lowest BCUT2D eigenvalue weighted by Gasteiger charge is -2.22. The van der Waals surface area contributed by atoms with Gasteiger partial charge in [-0.3, -0.25) is 9.78 Å². The Bertz CT molecular complexity index is 1070. The molecule has 0 saturated heterocycles. The molecule has 0 atom stereocenters. The van der Waals surface area contributed by atoms with Crippen LogP contribution in [0.1, 0.15) is 21.5 Å². The van der Waals surface area contributed by atoms with Gasteiger partial charge in [0.2, 0.25) is 11.5 Å². The van der Waals surface area contributed by atoms with E-state index in [0.717, 1.165) is 17.5 Å². The molecule has 8 nitrogen and oxygen atoms in total. The Balaban J connectivity index is 1.99. The van der Waals surface area contributed by atoms with Gasteiger partial charge in [-0.05, 0) is 48.4 Å².